The molecule has 0 aromatic rings. The maximum atomic E-state index is 12.6. The van der Waals surface area contributed by atoms with Crippen LogP contribution in [-0.4, -0.2) is 75.5 Å². The number of carboxylic acids is 1. The van der Waals surface area contributed by atoms with E-state index in [2.05, 4.69) is 62.5 Å². The number of unbranched alkanes of at least 4 members (excludes halogenated alkanes) is 16. The maximum Gasteiger partial charge on any atom is 0.306 e. The van der Waals surface area contributed by atoms with Crippen molar-refractivity contribution < 1.29 is 38.2 Å². The van der Waals surface area contributed by atoms with E-state index in [1.807, 2.05) is 0 Å². The molecule has 0 fully saturated rings. The summed E-state index contributed by atoms with van der Waals surface area (Å²) in [5, 5.41) is 11.6. The van der Waals surface area contributed by atoms with Crippen molar-refractivity contribution in [2.45, 2.75) is 180 Å². The number of carbonyl (C=O) groups excluding carboxylic acids is 3. The number of rotatable bonds is 37. The molecule has 0 heterocycles. The highest BCUT2D eigenvalue weighted by Crippen LogP contribution is 2.14. The van der Waals surface area contributed by atoms with Gasteiger partial charge in [0.05, 0.1) is 40.3 Å². The number of likely N-dealkylation sites (N-methyl/N-ethyl adjacent to an activating group) is 1. The Balaban J connectivity index is 4.26. The smallest absolute Gasteiger partial charge is 0.306 e. The normalized spacial score (nSPS) is 13.5. The second-order valence-electron chi connectivity index (χ2n) is 15.2. The quantitative estimate of drug-likeness (QED) is 0.0205. The number of hydrogen-bond acceptors (Lipinski definition) is 7. The minimum Gasteiger partial charge on any atom is -0.544 e. The van der Waals surface area contributed by atoms with E-state index in [0.717, 1.165) is 44.9 Å². The first-order valence-corrected chi connectivity index (χ1v) is 21.2. The van der Waals surface area contributed by atoms with E-state index < -0.39 is 18.1 Å². The molecule has 8 nitrogen and oxygen atoms in total. The van der Waals surface area contributed by atoms with Gasteiger partial charge in [0.15, 0.2) is 6.10 Å². The molecule has 2 unspecified atom stereocenters. The minimum atomic E-state index is -1.13. The molecule has 0 N–H and O–H groups in total. The van der Waals surface area contributed by atoms with E-state index >= 15 is 0 Å². The highest BCUT2D eigenvalue weighted by Gasteiger charge is 2.25. The van der Waals surface area contributed by atoms with Crippen molar-refractivity contribution in [2.24, 2.45) is 0 Å². The summed E-state index contributed by atoms with van der Waals surface area (Å²) in [6.07, 6.45) is 41.5. The van der Waals surface area contributed by atoms with Crippen LogP contribution in [0, 0.1) is 0 Å². The van der Waals surface area contributed by atoms with E-state index in [4.69, 9.17) is 14.2 Å². The predicted molar refractivity (Wildman–Crippen MR) is 217 cm³/mol. The van der Waals surface area contributed by atoms with Crippen LogP contribution in [0.2, 0.25) is 0 Å². The zero-order chi connectivity index (χ0) is 39.3. The van der Waals surface area contributed by atoms with Crippen LogP contribution in [0.15, 0.2) is 48.6 Å². The van der Waals surface area contributed by atoms with E-state index in [1.54, 1.807) is 21.1 Å². The van der Waals surface area contributed by atoms with Crippen LogP contribution in [0.4, 0.5) is 0 Å². The number of esters is 2. The van der Waals surface area contributed by atoms with Crippen LogP contribution in [-0.2, 0) is 28.6 Å². The zero-order valence-electron chi connectivity index (χ0n) is 34.7. The van der Waals surface area contributed by atoms with Crippen LogP contribution >= 0.6 is 0 Å². The molecular weight excluding hydrogens is 666 g/mol. The number of hydrogen-bond donors (Lipinski definition) is 0. The summed E-state index contributed by atoms with van der Waals surface area (Å²) in [7, 11) is 5.38. The molecule has 0 spiro atoms. The molecule has 53 heavy (non-hydrogen) atoms. The molecule has 0 rings (SSSR count). The SMILES string of the molecule is CC/C=C/C/C=C/CCCCC(=O)OC(COCCC(C(=O)[O-])[N+](C)(C)C)COC(=O)CCCCCCCCCCCC/C=C/C=C/CCCCCC. The van der Waals surface area contributed by atoms with Crippen LogP contribution in [0.25, 0.3) is 0 Å². The lowest BCUT2D eigenvalue weighted by Gasteiger charge is -2.34. The van der Waals surface area contributed by atoms with E-state index in [9.17, 15) is 19.5 Å². The molecule has 2 atom stereocenters. The van der Waals surface area contributed by atoms with E-state index in [1.165, 1.54) is 83.5 Å². The van der Waals surface area contributed by atoms with Crippen molar-refractivity contribution in [3.63, 3.8) is 0 Å². The Kier molecular flexibility index (Phi) is 34.4. The first-order chi connectivity index (χ1) is 25.6. The molecule has 0 saturated heterocycles. The van der Waals surface area contributed by atoms with Gasteiger partial charge in [-0.3, -0.25) is 9.59 Å². The maximum absolute atomic E-state index is 12.6. The van der Waals surface area contributed by atoms with Gasteiger partial charge in [-0.2, -0.15) is 0 Å². The van der Waals surface area contributed by atoms with Gasteiger partial charge in [-0.25, -0.2) is 0 Å². The summed E-state index contributed by atoms with van der Waals surface area (Å²) in [5.41, 5.74) is 0. The van der Waals surface area contributed by atoms with Gasteiger partial charge in [0, 0.05) is 19.3 Å². The van der Waals surface area contributed by atoms with Gasteiger partial charge in [0.25, 0.3) is 0 Å². The van der Waals surface area contributed by atoms with E-state index in [0.29, 0.717) is 12.8 Å². The number of quaternary nitrogens is 1. The molecule has 8 heteroatoms. The summed E-state index contributed by atoms with van der Waals surface area (Å²) < 4.78 is 17.1. The lowest BCUT2D eigenvalue weighted by Crippen LogP contribution is -2.55. The largest absolute Gasteiger partial charge is 0.544 e. The van der Waals surface area contributed by atoms with E-state index in [-0.39, 0.29) is 49.1 Å². The molecule has 0 saturated carbocycles. The van der Waals surface area contributed by atoms with Crippen LogP contribution in [0.3, 0.4) is 0 Å². The topological polar surface area (TPSA) is 102 Å². The zero-order valence-corrected chi connectivity index (χ0v) is 34.7. The van der Waals surface area contributed by atoms with Crippen molar-refractivity contribution in [1.29, 1.82) is 0 Å². The number of carbonyl (C=O) groups is 3. The monoisotopic (exact) mass is 746 g/mol. The predicted octanol–water partition coefficient (Wildman–Crippen LogP) is 9.91. The average molecular weight is 746 g/mol. The van der Waals surface area contributed by atoms with Gasteiger partial charge < -0.3 is 28.6 Å². The summed E-state index contributed by atoms with van der Waals surface area (Å²) >= 11 is 0. The lowest BCUT2D eigenvalue weighted by atomic mass is 10.1. The second-order valence-corrected chi connectivity index (χ2v) is 15.2. The summed E-state index contributed by atoms with van der Waals surface area (Å²) in [6.45, 7) is 4.47. The molecule has 0 aromatic heterocycles. The number of carboxylic acid groups (broad SMARTS) is 1. The molecule has 306 valence electrons. The Bertz CT molecular complexity index is 1010. The Morgan fingerprint density at radius 1 is 0.604 bits per heavy atom. The average Bonchev–Trinajstić information content (AvgIpc) is 3.11. The van der Waals surface area contributed by atoms with Crippen molar-refractivity contribution in [3.8, 4) is 0 Å². The summed E-state index contributed by atoms with van der Waals surface area (Å²) in [4.78, 5) is 36.7. The fourth-order valence-electron chi connectivity index (χ4n) is 5.92. The van der Waals surface area contributed by atoms with Crippen molar-refractivity contribution in [3.05, 3.63) is 48.6 Å². The van der Waals surface area contributed by atoms with Crippen molar-refractivity contribution in [2.75, 3.05) is 41.0 Å². The number of allylic oxidation sites excluding steroid dienone is 8. The summed E-state index contributed by atoms with van der Waals surface area (Å²) in [6, 6.07) is -0.731. The van der Waals surface area contributed by atoms with Crippen LogP contribution < -0.4 is 5.11 Å². The third kappa shape index (κ3) is 34.8. The standard InChI is InChI=1S/C45H79NO7/c1-6-8-10-12-14-16-17-18-19-20-21-22-23-24-25-26-28-29-31-33-35-43(47)52-40-41(39-51-38-37-42(45(49)50)46(3,4)5)53-44(48)36-34-32-30-27-15-13-11-9-7-2/h9,11,15-19,27,41-42H,6-8,10,12-14,20-26,28-40H2,1-5H3/b11-9+,17-16+,19-18+,27-15+. The summed E-state index contributed by atoms with van der Waals surface area (Å²) in [5.74, 6) is -1.79. The van der Waals surface area contributed by atoms with Gasteiger partial charge in [0.2, 0.25) is 0 Å². The van der Waals surface area contributed by atoms with Gasteiger partial charge >= 0.3 is 11.9 Å². The first-order valence-electron chi connectivity index (χ1n) is 21.2. The Morgan fingerprint density at radius 3 is 1.70 bits per heavy atom. The van der Waals surface area contributed by atoms with Crippen LogP contribution in [0.5, 0.6) is 0 Å². The molecule has 0 aliphatic rings. The molecular formula is C45H79NO7. The number of nitrogens with zero attached hydrogens (tertiary/aromatic N) is 1. The number of ether oxygens (including phenoxy) is 3. The van der Waals surface area contributed by atoms with Crippen molar-refractivity contribution in [1.82, 2.24) is 0 Å². The Morgan fingerprint density at radius 2 is 1.11 bits per heavy atom. The lowest BCUT2D eigenvalue weighted by molar-refractivity contribution is -0.889. The molecule has 0 radical (unpaired) electrons. The highest BCUT2D eigenvalue weighted by atomic mass is 16.6. The molecule has 0 aromatic carbocycles. The highest BCUT2D eigenvalue weighted by molar-refractivity contribution is 5.70. The third-order valence-corrected chi connectivity index (χ3v) is 9.23. The Labute approximate surface area is 325 Å². The third-order valence-electron chi connectivity index (χ3n) is 9.23. The first kappa shape index (κ1) is 50.3. The van der Waals surface area contributed by atoms with Gasteiger partial charge in [0.1, 0.15) is 12.6 Å². The minimum absolute atomic E-state index is 0.0257. The van der Waals surface area contributed by atoms with Gasteiger partial charge in [-0.1, -0.05) is 133 Å². The fourth-order valence-corrected chi connectivity index (χ4v) is 5.92. The molecule has 0 bridgehead atoms. The number of aliphatic carboxylic acids is 1. The molecule has 0 aliphatic carbocycles. The Hall–Kier alpha value is -2.71. The van der Waals surface area contributed by atoms with Crippen molar-refractivity contribution >= 4 is 17.9 Å². The van der Waals surface area contributed by atoms with Crippen LogP contribution in [0.1, 0.15) is 168 Å². The second kappa shape index (κ2) is 36.3. The molecule has 0 aliphatic heterocycles. The molecule has 0 amide bonds. The van der Waals surface area contributed by atoms with Gasteiger partial charge in [-0.15, -0.1) is 0 Å². The fraction of sp³-hybridized carbons (Fsp3) is 0.756. The van der Waals surface area contributed by atoms with Gasteiger partial charge in [-0.05, 0) is 64.2 Å².